The van der Waals surface area contributed by atoms with Gasteiger partial charge in [-0.2, -0.15) is 0 Å². The minimum atomic E-state index is -3.69. The molecule has 18 heavy (non-hydrogen) atoms. The van der Waals surface area contributed by atoms with Crippen LogP contribution in [0.1, 0.15) is 12.0 Å². The molecule has 0 aliphatic carbocycles. The Morgan fingerprint density at radius 3 is 2.67 bits per heavy atom. The normalized spacial score (nSPS) is 11.6. The van der Waals surface area contributed by atoms with Crippen LogP contribution in [0.5, 0.6) is 5.75 Å². The van der Waals surface area contributed by atoms with E-state index in [1.165, 1.54) is 13.2 Å². The van der Waals surface area contributed by atoms with E-state index in [0.717, 1.165) is 5.56 Å². The van der Waals surface area contributed by atoms with Crippen LogP contribution in [-0.4, -0.2) is 33.8 Å². The quantitative estimate of drug-likeness (QED) is 0.776. The Balaban J connectivity index is 3.11. The van der Waals surface area contributed by atoms with Crippen molar-refractivity contribution in [1.29, 1.82) is 0 Å². The van der Waals surface area contributed by atoms with Crippen molar-refractivity contribution in [2.45, 2.75) is 18.2 Å². The number of ether oxygens (including phenoxy) is 1. The number of aliphatic hydroxyl groups is 1. The summed E-state index contributed by atoms with van der Waals surface area (Å²) >= 11 is 5.92. The van der Waals surface area contributed by atoms with Gasteiger partial charge in [-0.05, 0) is 31.0 Å². The van der Waals surface area contributed by atoms with Gasteiger partial charge in [-0.15, -0.1) is 0 Å². The summed E-state index contributed by atoms with van der Waals surface area (Å²) in [5, 5.41) is 8.99. The number of hydrogen-bond acceptors (Lipinski definition) is 4. The number of hydrogen-bond donors (Lipinski definition) is 2. The predicted molar refractivity (Wildman–Crippen MR) is 69.6 cm³/mol. The molecule has 0 saturated heterocycles. The van der Waals surface area contributed by atoms with Crippen molar-refractivity contribution in [2.75, 3.05) is 20.3 Å². The summed E-state index contributed by atoms with van der Waals surface area (Å²) in [4.78, 5) is -0.00135. The average molecular weight is 294 g/mol. The minimum Gasteiger partial charge on any atom is -0.495 e. The Labute approximate surface area is 112 Å². The summed E-state index contributed by atoms with van der Waals surface area (Å²) in [6.07, 6.45) is 0.348. The SMILES string of the molecule is COc1cc(C)c(Cl)cc1S(=O)(=O)NCCCO. The van der Waals surface area contributed by atoms with E-state index >= 15 is 0 Å². The molecule has 0 spiro atoms. The van der Waals surface area contributed by atoms with E-state index in [4.69, 9.17) is 21.4 Å². The lowest BCUT2D eigenvalue weighted by Gasteiger charge is -2.12. The summed E-state index contributed by atoms with van der Waals surface area (Å²) in [7, 11) is -2.29. The second-order valence-electron chi connectivity index (χ2n) is 3.73. The molecule has 0 fully saturated rings. The molecule has 0 bridgehead atoms. The Morgan fingerprint density at radius 2 is 2.11 bits per heavy atom. The smallest absolute Gasteiger partial charge is 0.244 e. The Morgan fingerprint density at radius 1 is 1.44 bits per heavy atom. The first-order chi connectivity index (χ1) is 8.42. The van der Waals surface area contributed by atoms with Crippen LogP contribution in [0.4, 0.5) is 0 Å². The van der Waals surface area contributed by atoms with Crippen LogP contribution in [-0.2, 0) is 10.0 Å². The monoisotopic (exact) mass is 293 g/mol. The summed E-state index contributed by atoms with van der Waals surface area (Å²) in [5.74, 6) is 0.244. The van der Waals surface area contributed by atoms with Crippen molar-refractivity contribution in [1.82, 2.24) is 4.72 Å². The number of sulfonamides is 1. The third-order valence-electron chi connectivity index (χ3n) is 2.36. The summed E-state index contributed by atoms with van der Waals surface area (Å²) in [6.45, 7) is 1.85. The molecule has 0 heterocycles. The first-order valence-corrected chi connectivity index (χ1v) is 7.23. The maximum absolute atomic E-state index is 12.0. The second kappa shape index (κ2) is 6.38. The lowest BCUT2D eigenvalue weighted by Crippen LogP contribution is -2.25. The lowest BCUT2D eigenvalue weighted by molar-refractivity contribution is 0.289. The molecule has 0 unspecified atom stereocenters. The number of rotatable bonds is 6. The fourth-order valence-corrected chi connectivity index (χ4v) is 2.85. The van der Waals surface area contributed by atoms with Gasteiger partial charge in [0.25, 0.3) is 0 Å². The van der Waals surface area contributed by atoms with E-state index in [1.54, 1.807) is 13.0 Å². The molecule has 0 aliphatic heterocycles. The van der Waals surface area contributed by atoms with E-state index in [2.05, 4.69) is 4.72 Å². The highest BCUT2D eigenvalue weighted by Crippen LogP contribution is 2.29. The average Bonchev–Trinajstić information content (AvgIpc) is 2.32. The maximum atomic E-state index is 12.0. The minimum absolute atomic E-state index is 0.00135. The van der Waals surface area contributed by atoms with Gasteiger partial charge in [0, 0.05) is 18.2 Å². The molecule has 7 heteroatoms. The fraction of sp³-hybridized carbons (Fsp3) is 0.455. The zero-order valence-corrected chi connectivity index (χ0v) is 11.8. The summed E-state index contributed by atoms with van der Waals surface area (Å²) in [5.41, 5.74) is 0.739. The van der Waals surface area contributed by atoms with E-state index in [-0.39, 0.29) is 23.8 Å². The lowest BCUT2D eigenvalue weighted by atomic mass is 10.2. The van der Waals surface area contributed by atoms with Crippen molar-refractivity contribution in [3.05, 3.63) is 22.7 Å². The molecule has 1 aromatic carbocycles. The van der Waals surface area contributed by atoms with E-state index in [1.807, 2.05) is 0 Å². The van der Waals surface area contributed by atoms with Crippen LogP contribution in [0.25, 0.3) is 0 Å². The van der Waals surface area contributed by atoms with Crippen molar-refractivity contribution < 1.29 is 18.3 Å². The predicted octanol–water partition coefficient (Wildman–Crippen LogP) is 1.32. The number of aryl methyl sites for hydroxylation is 1. The first-order valence-electron chi connectivity index (χ1n) is 5.37. The Kier molecular flexibility index (Phi) is 5.40. The van der Waals surface area contributed by atoms with Crippen LogP contribution < -0.4 is 9.46 Å². The zero-order valence-electron chi connectivity index (χ0n) is 10.2. The molecule has 0 saturated carbocycles. The van der Waals surface area contributed by atoms with Gasteiger partial charge in [-0.3, -0.25) is 0 Å². The van der Waals surface area contributed by atoms with Gasteiger partial charge in [0.2, 0.25) is 10.0 Å². The van der Waals surface area contributed by atoms with Crippen LogP contribution in [0.2, 0.25) is 5.02 Å². The molecule has 5 nitrogen and oxygen atoms in total. The highest BCUT2D eigenvalue weighted by molar-refractivity contribution is 7.89. The second-order valence-corrected chi connectivity index (χ2v) is 5.87. The zero-order chi connectivity index (χ0) is 13.8. The number of methoxy groups -OCH3 is 1. The maximum Gasteiger partial charge on any atom is 0.244 e. The Bertz CT molecular complexity index is 516. The van der Waals surface area contributed by atoms with Crippen molar-refractivity contribution in [2.24, 2.45) is 0 Å². The number of benzene rings is 1. The fourth-order valence-electron chi connectivity index (χ4n) is 1.37. The van der Waals surface area contributed by atoms with Crippen LogP contribution in [0, 0.1) is 6.92 Å². The van der Waals surface area contributed by atoms with Crippen molar-refractivity contribution in [3.8, 4) is 5.75 Å². The molecule has 1 rings (SSSR count). The van der Waals surface area contributed by atoms with Gasteiger partial charge < -0.3 is 9.84 Å². The molecule has 0 amide bonds. The van der Waals surface area contributed by atoms with Gasteiger partial charge in [-0.25, -0.2) is 13.1 Å². The molecule has 0 aliphatic rings. The molecular weight excluding hydrogens is 278 g/mol. The number of nitrogens with one attached hydrogen (secondary N) is 1. The summed E-state index contributed by atoms with van der Waals surface area (Å²) < 4.78 is 31.5. The van der Waals surface area contributed by atoms with E-state index < -0.39 is 10.0 Å². The van der Waals surface area contributed by atoms with Gasteiger partial charge in [0.05, 0.1) is 7.11 Å². The number of aliphatic hydroxyl groups excluding tert-OH is 1. The van der Waals surface area contributed by atoms with Gasteiger partial charge in [0.1, 0.15) is 10.6 Å². The van der Waals surface area contributed by atoms with Gasteiger partial charge in [-0.1, -0.05) is 11.6 Å². The van der Waals surface area contributed by atoms with Crippen molar-refractivity contribution in [3.63, 3.8) is 0 Å². The van der Waals surface area contributed by atoms with Crippen molar-refractivity contribution >= 4 is 21.6 Å². The highest BCUT2D eigenvalue weighted by atomic mass is 35.5. The molecule has 0 atom stereocenters. The van der Waals surface area contributed by atoms with Crippen LogP contribution in [0.15, 0.2) is 17.0 Å². The molecular formula is C11H16ClNO4S. The van der Waals surface area contributed by atoms with Gasteiger partial charge >= 0.3 is 0 Å². The molecule has 0 aromatic heterocycles. The Hall–Kier alpha value is -0.820. The van der Waals surface area contributed by atoms with Crippen LogP contribution >= 0.6 is 11.6 Å². The highest BCUT2D eigenvalue weighted by Gasteiger charge is 2.20. The van der Waals surface area contributed by atoms with Gasteiger partial charge in [0.15, 0.2) is 0 Å². The van der Waals surface area contributed by atoms with Crippen LogP contribution in [0.3, 0.4) is 0 Å². The molecule has 0 radical (unpaired) electrons. The third-order valence-corrected chi connectivity index (χ3v) is 4.25. The van der Waals surface area contributed by atoms with E-state index in [9.17, 15) is 8.42 Å². The third kappa shape index (κ3) is 3.58. The first kappa shape index (κ1) is 15.2. The number of halogens is 1. The topological polar surface area (TPSA) is 75.6 Å². The summed E-state index contributed by atoms with van der Waals surface area (Å²) in [6, 6.07) is 2.93. The standard InChI is InChI=1S/C11H16ClNO4S/c1-8-6-10(17-2)11(7-9(8)12)18(15,16)13-4-3-5-14/h6-7,13-14H,3-5H2,1-2H3. The molecule has 2 N–H and O–H groups in total. The largest absolute Gasteiger partial charge is 0.495 e. The molecule has 1 aromatic rings. The molecule has 102 valence electrons. The van der Waals surface area contributed by atoms with E-state index in [0.29, 0.717) is 11.4 Å².